The number of thiol groups is 1. The molecule has 0 fully saturated rings. The van der Waals surface area contributed by atoms with Gasteiger partial charge in [0.25, 0.3) is 0 Å². The third kappa shape index (κ3) is 1.49. The van der Waals surface area contributed by atoms with Crippen LogP contribution in [0.2, 0.25) is 0 Å². The number of fused-ring (bicyclic) bond motifs is 1. The standard InChI is InChI=1S/C13H10N2S/c16-12-6-2-1-5-10(12)11-9-15-8-4-3-7-13(15)14-11/h1-9,16H. The number of imidazole rings is 1. The van der Waals surface area contributed by atoms with Gasteiger partial charge in [-0.05, 0) is 18.2 Å². The molecule has 0 unspecified atom stereocenters. The summed E-state index contributed by atoms with van der Waals surface area (Å²) in [6.45, 7) is 0. The third-order valence-corrected chi connectivity index (χ3v) is 2.93. The van der Waals surface area contributed by atoms with E-state index >= 15 is 0 Å². The van der Waals surface area contributed by atoms with Gasteiger partial charge in [0.1, 0.15) is 5.65 Å². The number of hydrogen-bond donors (Lipinski definition) is 1. The van der Waals surface area contributed by atoms with Gasteiger partial charge in [-0.2, -0.15) is 0 Å². The Balaban J connectivity index is 2.23. The molecule has 0 radical (unpaired) electrons. The van der Waals surface area contributed by atoms with Crippen LogP contribution in [0.5, 0.6) is 0 Å². The summed E-state index contributed by atoms with van der Waals surface area (Å²) in [6, 6.07) is 13.9. The predicted octanol–water partition coefficient (Wildman–Crippen LogP) is 3.29. The van der Waals surface area contributed by atoms with E-state index in [4.69, 9.17) is 0 Å². The second-order valence-corrected chi connectivity index (χ2v) is 4.09. The Bertz CT molecular complexity index is 610. The first-order valence-electron chi connectivity index (χ1n) is 5.07. The van der Waals surface area contributed by atoms with Crippen LogP contribution in [0, 0.1) is 0 Å². The topological polar surface area (TPSA) is 17.3 Å². The zero-order valence-corrected chi connectivity index (χ0v) is 9.43. The van der Waals surface area contributed by atoms with Crippen molar-refractivity contribution >= 4 is 18.3 Å². The van der Waals surface area contributed by atoms with E-state index in [2.05, 4.69) is 17.6 Å². The van der Waals surface area contributed by atoms with Gasteiger partial charge in [-0.15, -0.1) is 12.6 Å². The van der Waals surface area contributed by atoms with Crippen molar-refractivity contribution in [2.75, 3.05) is 0 Å². The van der Waals surface area contributed by atoms with Crippen molar-refractivity contribution in [3.05, 3.63) is 54.9 Å². The molecule has 0 saturated carbocycles. The normalized spacial score (nSPS) is 10.8. The van der Waals surface area contributed by atoms with E-state index < -0.39 is 0 Å². The molecule has 0 amide bonds. The predicted molar refractivity (Wildman–Crippen MR) is 67.9 cm³/mol. The highest BCUT2D eigenvalue weighted by Gasteiger charge is 2.05. The highest BCUT2D eigenvalue weighted by molar-refractivity contribution is 7.80. The largest absolute Gasteiger partial charge is 0.306 e. The Morgan fingerprint density at radius 2 is 1.81 bits per heavy atom. The van der Waals surface area contributed by atoms with E-state index in [1.807, 2.05) is 59.3 Å². The molecule has 3 heteroatoms. The van der Waals surface area contributed by atoms with Crippen molar-refractivity contribution in [2.24, 2.45) is 0 Å². The molecule has 0 aliphatic carbocycles. The zero-order chi connectivity index (χ0) is 11.0. The van der Waals surface area contributed by atoms with Crippen LogP contribution in [0.4, 0.5) is 0 Å². The Labute approximate surface area is 99.0 Å². The molecule has 1 aromatic carbocycles. The lowest BCUT2D eigenvalue weighted by Gasteiger charge is -1.98. The van der Waals surface area contributed by atoms with E-state index in [1.54, 1.807) is 0 Å². The van der Waals surface area contributed by atoms with Gasteiger partial charge < -0.3 is 4.40 Å². The SMILES string of the molecule is Sc1ccccc1-c1cn2ccccc2n1. The molecule has 0 spiro atoms. The molecular weight excluding hydrogens is 216 g/mol. The fourth-order valence-corrected chi connectivity index (χ4v) is 2.03. The minimum Gasteiger partial charge on any atom is -0.306 e. The van der Waals surface area contributed by atoms with Gasteiger partial charge in [0.2, 0.25) is 0 Å². The molecule has 0 aliphatic rings. The molecule has 0 N–H and O–H groups in total. The first kappa shape index (κ1) is 9.48. The summed E-state index contributed by atoms with van der Waals surface area (Å²) in [6.07, 6.45) is 4.01. The van der Waals surface area contributed by atoms with Crippen molar-refractivity contribution in [3.63, 3.8) is 0 Å². The van der Waals surface area contributed by atoms with Crippen LogP contribution < -0.4 is 0 Å². The van der Waals surface area contributed by atoms with Crippen LogP contribution in [-0.2, 0) is 0 Å². The van der Waals surface area contributed by atoms with Crippen molar-refractivity contribution < 1.29 is 0 Å². The van der Waals surface area contributed by atoms with E-state index in [0.717, 1.165) is 21.8 Å². The van der Waals surface area contributed by atoms with Crippen molar-refractivity contribution in [1.29, 1.82) is 0 Å². The maximum Gasteiger partial charge on any atom is 0.137 e. The van der Waals surface area contributed by atoms with Crippen LogP contribution in [0.25, 0.3) is 16.9 Å². The summed E-state index contributed by atoms with van der Waals surface area (Å²) in [5.74, 6) is 0. The lowest BCUT2D eigenvalue weighted by molar-refractivity contribution is 1.19. The Morgan fingerprint density at radius 1 is 1.00 bits per heavy atom. The van der Waals surface area contributed by atoms with Gasteiger partial charge in [-0.3, -0.25) is 0 Å². The minimum absolute atomic E-state index is 0.950. The highest BCUT2D eigenvalue weighted by atomic mass is 32.1. The Kier molecular flexibility index (Phi) is 2.18. The molecule has 16 heavy (non-hydrogen) atoms. The zero-order valence-electron chi connectivity index (χ0n) is 8.54. The van der Waals surface area contributed by atoms with Gasteiger partial charge in [0.15, 0.2) is 0 Å². The fourth-order valence-electron chi connectivity index (χ4n) is 1.75. The molecule has 2 heterocycles. The summed E-state index contributed by atoms with van der Waals surface area (Å²) >= 11 is 4.44. The summed E-state index contributed by atoms with van der Waals surface area (Å²) in [7, 11) is 0. The molecule has 3 aromatic rings. The molecular formula is C13H10N2S. The van der Waals surface area contributed by atoms with Crippen LogP contribution in [0.1, 0.15) is 0 Å². The van der Waals surface area contributed by atoms with Gasteiger partial charge in [-0.1, -0.05) is 24.3 Å². The van der Waals surface area contributed by atoms with Crippen molar-refractivity contribution in [3.8, 4) is 11.3 Å². The lowest BCUT2D eigenvalue weighted by Crippen LogP contribution is -1.78. The van der Waals surface area contributed by atoms with E-state index in [1.165, 1.54) is 0 Å². The third-order valence-electron chi connectivity index (χ3n) is 2.54. The van der Waals surface area contributed by atoms with Crippen molar-refractivity contribution in [1.82, 2.24) is 9.38 Å². The number of benzene rings is 1. The molecule has 3 rings (SSSR count). The van der Waals surface area contributed by atoms with E-state index in [0.29, 0.717) is 0 Å². The molecule has 2 nitrogen and oxygen atoms in total. The summed E-state index contributed by atoms with van der Waals surface area (Å²) in [5.41, 5.74) is 2.97. The minimum atomic E-state index is 0.950. The van der Waals surface area contributed by atoms with E-state index in [-0.39, 0.29) is 0 Å². The first-order valence-corrected chi connectivity index (χ1v) is 5.51. The Morgan fingerprint density at radius 3 is 2.62 bits per heavy atom. The number of rotatable bonds is 1. The molecule has 0 atom stereocenters. The summed E-state index contributed by atoms with van der Waals surface area (Å²) in [5, 5.41) is 0. The molecule has 0 bridgehead atoms. The molecule has 78 valence electrons. The second kappa shape index (κ2) is 3.68. The maximum absolute atomic E-state index is 4.56. The van der Waals surface area contributed by atoms with Gasteiger partial charge in [-0.25, -0.2) is 4.98 Å². The fraction of sp³-hybridized carbons (Fsp3) is 0. The van der Waals surface area contributed by atoms with E-state index in [9.17, 15) is 0 Å². The molecule has 2 aromatic heterocycles. The average molecular weight is 226 g/mol. The Hall–Kier alpha value is -1.74. The van der Waals surface area contributed by atoms with Gasteiger partial charge in [0.05, 0.1) is 5.69 Å². The molecule has 0 saturated heterocycles. The monoisotopic (exact) mass is 226 g/mol. The lowest BCUT2D eigenvalue weighted by atomic mass is 10.2. The quantitative estimate of drug-likeness (QED) is 0.630. The first-order chi connectivity index (χ1) is 7.84. The maximum atomic E-state index is 4.56. The number of hydrogen-bond acceptors (Lipinski definition) is 2. The smallest absolute Gasteiger partial charge is 0.137 e. The molecule has 0 aliphatic heterocycles. The number of aromatic nitrogens is 2. The van der Waals surface area contributed by atoms with Crippen LogP contribution in [0.3, 0.4) is 0 Å². The van der Waals surface area contributed by atoms with Crippen molar-refractivity contribution in [2.45, 2.75) is 4.90 Å². The average Bonchev–Trinajstić information content (AvgIpc) is 2.73. The van der Waals surface area contributed by atoms with Crippen LogP contribution >= 0.6 is 12.6 Å². The highest BCUT2D eigenvalue weighted by Crippen LogP contribution is 2.25. The van der Waals surface area contributed by atoms with Crippen LogP contribution in [0.15, 0.2) is 59.8 Å². The summed E-state index contributed by atoms with van der Waals surface area (Å²) in [4.78, 5) is 5.51. The number of nitrogens with zero attached hydrogens (tertiary/aromatic N) is 2. The van der Waals surface area contributed by atoms with Gasteiger partial charge in [0, 0.05) is 22.9 Å². The van der Waals surface area contributed by atoms with Crippen LogP contribution in [-0.4, -0.2) is 9.38 Å². The number of pyridine rings is 1. The summed E-state index contributed by atoms with van der Waals surface area (Å²) < 4.78 is 2.01. The second-order valence-electron chi connectivity index (χ2n) is 3.61. The van der Waals surface area contributed by atoms with Gasteiger partial charge >= 0.3 is 0 Å².